The number of halogens is 2. The molecular weight excluding hydrogens is 370 g/mol. The molecule has 0 bridgehead atoms. The maximum Gasteiger partial charge on any atom is 0.338 e. The first-order valence-corrected chi connectivity index (χ1v) is 7.66. The van der Waals surface area contributed by atoms with Crippen molar-refractivity contribution in [1.82, 2.24) is 5.32 Å². The molecule has 6 heteroatoms. The number of amides is 1. The molecule has 0 aliphatic carbocycles. The Hall–Kier alpha value is -1.85. The lowest BCUT2D eigenvalue weighted by Gasteiger charge is -2.08. The van der Waals surface area contributed by atoms with Gasteiger partial charge >= 0.3 is 5.97 Å². The van der Waals surface area contributed by atoms with Gasteiger partial charge < -0.3 is 10.1 Å². The van der Waals surface area contributed by atoms with Gasteiger partial charge in [0, 0.05) is 16.0 Å². The maximum absolute atomic E-state index is 11.8. The number of rotatable bonds is 5. The summed E-state index contributed by atoms with van der Waals surface area (Å²) in [6.07, 6.45) is 0. The van der Waals surface area contributed by atoms with Crippen LogP contribution in [-0.4, -0.2) is 18.5 Å². The zero-order valence-electron chi connectivity index (χ0n) is 11.5. The van der Waals surface area contributed by atoms with E-state index in [-0.39, 0.29) is 12.5 Å². The lowest BCUT2D eigenvalue weighted by molar-refractivity contribution is -0.124. The van der Waals surface area contributed by atoms with E-state index in [9.17, 15) is 9.59 Å². The zero-order valence-corrected chi connectivity index (χ0v) is 13.9. The predicted molar refractivity (Wildman–Crippen MR) is 87.7 cm³/mol. The van der Waals surface area contributed by atoms with Crippen molar-refractivity contribution in [3.05, 3.63) is 69.2 Å². The largest absolute Gasteiger partial charge is 0.452 e. The fraction of sp³-hybridized carbons (Fsp3) is 0.125. The average Bonchev–Trinajstić information content (AvgIpc) is 2.52. The number of esters is 1. The molecule has 0 aromatic heterocycles. The minimum Gasteiger partial charge on any atom is -0.452 e. The van der Waals surface area contributed by atoms with Crippen molar-refractivity contribution in [2.45, 2.75) is 6.54 Å². The van der Waals surface area contributed by atoms with Gasteiger partial charge in [-0.3, -0.25) is 4.79 Å². The Kier molecular flexibility index (Phi) is 5.98. The Bertz CT molecular complexity index is 691. The normalized spacial score (nSPS) is 10.1. The van der Waals surface area contributed by atoms with E-state index in [2.05, 4.69) is 21.2 Å². The van der Waals surface area contributed by atoms with E-state index >= 15 is 0 Å². The van der Waals surface area contributed by atoms with Crippen LogP contribution in [0.15, 0.2) is 53.0 Å². The summed E-state index contributed by atoms with van der Waals surface area (Å²) in [4.78, 5) is 23.5. The third-order valence-electron chi connectivity index (χ3n) is 2.83. The minimum absolute atomic E-state index is 0.311. The highest BCUT2D eigenvalue weighted by Crippen LogP contribution is 2.15. The first-order chi connectivity index (χ1) is 10.6. The van der Waals surface area contributed by atoms with Gasteiger partial charge in [0.05, 0.1) is 5.56 Å². The topological polar surface area (TPSA) is 55.4 Å². The summed E-state index contributed by atoms with van der Waals surface area (Å²) in [6, 6.07) is 13.9. The molecule has 114 valence electrons. The number of carbonyl (C=O) groups excluding carboxylic acids is 2. The summed E-state index contributed by atoms with van der Waals surface area (Å²) in [7, 11) is 0. The van der Waals surface area contributed by atoms with Gasteiger partial charge in [-0.05, 0) is 29.8 Å². The van der Waals surface area contributed by atoms with Crippen molar-refractivity contribution < 1.29 is 14.3 Å². The molecule has 0 heterocycles. The first-order valence-electron chi connectivity index (χ1n) is 6.49. The van der Waals surface area contributed by atoms with E-state index < -0.39 is 5.97 Å². The first kappa shape index (κ1) is 16.5. The molecule has 22 heavy (non-hydrogen) atoms. The van der Waals surface area contributed by atoms with Crippen molar-refractivity contribution in [1.29, 1.82) is 0 Å². The number of hydrogen-bond donors (Lipinski definition) is 1. The van der Waals surface area contributed by atoms with E-state index in [1.165, 1.54) is 6.07 Å². The van der Waals surface area contributed by atoms with Crippen LogP contribution in [0.4, 0.5) is 0 Å². The molecule has 2 aromatic carbocycles. The van der Waals surface area contributed by atoms with Crippen LogP contribution in [-0.2, 0) is 16.1 Å². The molecular formula is C16H13BrClNO3. The third kappa shape index (κ3) is 4.86. The zero-order chi connectivity index (χ0) is 15.9. The van der Waals surface area contributed by atoms with Crippen LogP contribution in [0.5, 0.6) is 0 Å². The van der Waals surface area contributed by atoms with Gasteiger partial charge in [-0.25, -0.2) is 4.79 Å². The molecule has 4 nitrogen and oxygen atoms in total. The fourth-order valence-corrected chi connectivity index (χ4v) is 2.33. The lowest BCUT2D eigenvalue weighted by atomic mass is 10.2. The van der Waals surface area contributed by atoms with Crippen LogP contribution in [0.2, 0.25) is 5.02 Å². The van der Waals surface area contributed by atoms with Gasteiger partial charge in [-0.1, -0.05) is 51.8 Å². The number of ether oxygens (including phenoxy) is 1. The SMILES string of the molecule is O=C(COC(=O)c1cccc(Cl)c1)NCc1ccccc1Br. The molecule has 0 aliphatic heterocycles. The highest BCUT2D eigenvalue weighted by Gasteiger charge is 2.10. The van der Waals surface area contributed by atoms with Crippen molar-refractivity contribution in [3.8, 4) is 0 Å². The van der Waals surface area contributed by atoms with E-state index in [0.717, 1.165) is 10.0 Å². The molecule has 0 unspecified atom stereocenters. The number of benzene rings is 2. The van der Waals surface area contributed by atoms with E-state index in [0.29, 0.717) is 17.1 Å². The maximum atomic E-state index is 11.8. The van der Waals surface area contributed by atoms with Crippen LogP contribution >= 0.6 is 27.5 Å². The van der Waals surface area contributed by atoms with Crippen molar-refractivity contribution in [3.63, 3.8) is 0 Å². The molecule has 1 N–H and O–H groups in total. The second kappa shape index (κ2) is 7.96. The van der Waals surface area contributed by atoms with Gasteiger partial charge in [0.15, 0.2) is 6.61 Å². The van der Waals surface area contributed by atoms with Crippen LogP contribution in [0, 0.1) is 0 Å². The molecule has 0 saturated heterocycles. The number of hydrogen-bond acceptors (Lipinski definition) is 3. The van der Waals surface area contributed by atoms with Gasteiger partial charge in [-0.2, -0.15) is 0 Å². The number of nitrogens with one attached hydrogen (secondary N) is 1. The van der Waals surface area contributed by atoms with Gasteiger partial charge in [0.1, 0.15) is 0 Å². The van der Waals surface area contributed by atoms with E-state index in [1.807, 2.05) is 24.3 Å². The summed E-state index contributed by atoms with van der Waals surface area (Å²) >= 11 is 9.19. The van der Waals surface area contributed by atoms with E-state index in [1.54, 1.807) is 18.2 Å². The third-order valence-corrected chi connectivity index (χ3v) is 3.84. The average molecular weight is 383 g/mol. The van der Waals surface area contributed by atoms with Gasteiger partial charge in [0.2, 0.25) is 0 Å². The lowest BCUT2D eigenvalue weighted by Crippen LogP contribution is -2.28. The highest BCUT2D eigenvalue weighted by molar-refractivity contribution is 9.10. The van der Waals surface area contributed by atoms with E-state index in [4.69, 9.17) is 16.3 Å². The highest BCUT2D eigenvalue weighted by atomic mass is 79.9. The molecule has 2 aromatic rings. The molecule has 1 amide bonds. The van der Waals surface area contributed by atoms with Crippen molar-refractivity contribution in [2.75, 3.05) is 6.61 Å². The van der Waals surface area contributed by atoms with Crippen LogP contribution in [0.1, 0.15) is 15.9 Å². The molecule has 0 radical (unpaired) electrons. The van der Waals surface area contributed by atoms with Gasteiger partial charge in [0.25, 0.3) is 5.91 Å². The Morgan fingerprint density at radius 2 is 1.91 bits per heavy atom. The Morgan fingerprint density at radius 1 is 1.14 bits per heavy atom. The quantitative estimate of drug-likeness (QED) is 0.804. The Balaban J connectivity index is 1.81. The monoisotopic (exact) mass is 381 g/mol. The minimum atomic E-state index is -0.585. The van der Waals surface area contributed by atoms with Gasteiger partial charge in [-0.15, -0.1) is 0 Å². The van der Waals surface area contributed by atoms with Crippen LogP contribution in [0.25, 0.3) is 0 Å². The van der Waals surface area contributed by atoms with Crippen molar-refractivity contribution >= 4 is 39.4 Å². The molecule has 2 rings (SSSR count). The smallest absolute Gasteiger partial charge is 0.338 e. The second-order valence-electron chi connectivity index (χ2n) is 4.45. The second-order valence-corrected chi connectivity index (χ2v) is 5.75. The van der Waals surface area contributed by atoms with Crippen molar-refractivity contribution in [2.24, 2.45) is 0 Å². The summed E-state index contributed by atoms with van der Waals surface area (Å²) in [6.45, 7) is 0.0186. The molecule has 0 atom stereocenters. The summed E-state index contributed by atoms with van der Waals surface area (Å²) in [5, 5.41) is 3.12. The standard InChI is InChI=1S/C16H13BrClNO3/c17-14-7-2-1-4-12(14)9-19-15(20)10-22-16(21)11-5-3-6-13(18)8-11/h1-8H,9-10H2,(H,19,20). The molecule has 0 spiro atoms. The predicted octanol–water partition coefficient (Wildman–Crippen LogP) is 3.58. The van der Waals surface area contributed by atoms with Crippen LogP contribution in [0.3, 0.4) is 0 Å². The summed E-state index contributed by atoms with van der Waals surface area (Å²) in [5.41, 5.74) is 1.25. The molecule has 0 fully saturated rings. The number of carbonyl (C=O) groups is 2. The van der Waals surface area contributed by atoms with Crippen LogP contribution < -0.4 is 5.32 Å². The summed E-state index contributed by atoms with van der Waals surface area (Å²) in [5.74, 6) is -0.954. The Morgan fingerprint density at radius 3 is 2.64 bits per heavy atom. The fourth-order valence-electron chi connectivity index (χ4n) is 1.72. The summed E-state index contributed by atoms with van der Waals surface area (Å²) < 4.78 is 5.85. The Labute approximate surface area is 141 Å². The molecule has 0 saturated carbocycles. The molecule has 0 aliphatic rings.